The van der Waals surface area contributed by atoms with Gasteiger partial charge in [0.2, 0.25) is 0 Å². The van der Waals surface area contributed by atoms with Crippen molar-refractivity contribution < 1.29 is 9.50 Å². The van der Waals surface area contributed by atoms with E-state index in [9.17, 15) is 14.3 Å². The Labute approximate surface area is 108 Å². The molecule has 0 amide bonds. The molecule has 0 fully saturated rings. The van der Waals surface area contributed by atoms with Crippen LogP contribution in [0.2, 0.25) is 0 Å². The van der Waals surface area contributed by atoms with Gasteiger partial charge in [-0.05, 0) is 36.4 Å². The molecule has 1 aromatic heterocycles. The molecule has 0 saturated carbocycles. The summed E-state index contributed by atoms with van der Waals surface area (Å²) in [7, 11) is 0. The number of rotatable bonds is 1. The quantitative estimate of drug-likeness (QED) is 0.726. The zero-order valence-corrected chi connectivity index (χ0v) is 9.88. The van der Waals surface area contributed by atoms with Crippen LogP contribution in [0.4, 0.5) is 4.39 Å². The van der Waals surface area contributed by atoms with E-state index in [0.29, 0.717) is 16.6 Å². The van der Waals surface area contributed by atoms with Crippen molar-refractivity contribution in [2.24, 2.45) is 0 Å². The van der Waals surface area contributed by atoms with Crippen LogP contribution in [-0.4, -0.2) is 9.67 Å². The normalized spacial score (nSPS) is 10.8. The van der Waals surface area contributed by atoms with Crippen molar-refractivity contribution >= 4 is 10.9 Å². The molecule has 0 unspecified atom stereocenters. The van der Waals surface area contributed by atoms with Gasteiger partial charge in [-0.15, -0.1) is 0 Å². The summed E-state index contributed by atoms with van der Waals surface area (Å²) in [5.74, 6) is -0.418. The van der Waals surface area contributed by atoms with Crippen molar-refractivity contribution in [3.05, 3.63) is 70.8 Å². The molecule has 0 bridgehead atoms. The van der Waals surface area contributed by atoms with Gasteiger partial charge in [0.1, 0.15) is 11.6 Å². The summed E-state index contributed by atoms with van der Waals surface area (Å²) in [6.07, 6.45) is 0. The maximum absolute atomic E-state index is 13.0. The van der Waals surface area contributed by atoms with Crippen LogP contribution in [0.3, 0.4) is 0 Å². The number of benzene rings is 2. The van der Waals surface area contributed by atoms with Gasteiger partial charge in [-0.1, -0.05) is 12.1 Å². The standard InChI is InChI=1S/C15H10FNO2/c16-10-5-7-11(8-6-10)17-13-4-2-1-3-12(13)14(18)9-15(17)19/h1-9,18H. The Morgan fingerprint density at radius 2 is 1.68 bits per heavy atom. The molecule has 3 rings (SSSR count). The molecule has 0 atom stereocenters. The van der Waals surface area contributed by atoms with E-state index in [0.717, 1.165) is 6.07 Å². The lowest BCUT2D eigenvalue weighted by Crippen LogP contribution is -2.17. The highest BCUT2D eigenvalue weighted by Crippen LogP contribution is 2.24. The third-order valence-electron chi connectivity index (χ3n) is 2.99. The summed E-state index contributed by atoms with van der Waals surface area (Å²) in [5.41, 5.74) is 0.782. The van der Waals surface area contributed by atoms with E-state index in [1.807, 2.05) is 0 Å². The molecule has 1 N–H and O–H groups in total. The lowest BCUT2D eigenvalue weighted by Gasteiger charge is -2.11. The van der Waals surface area contributed by atoms with Crippen molar-refractivity contribution in [3.8, 4) is 11.4 Å². The van der Waals surface area contributed by atoms with Crippen LogP contribution in [0, 0.1) is 5.82 Å². The minimum absolute atomic E-state index is 0.0565. The molecule has 4 heteroatoms. The molecule has 0 aliphatic carbocycles. The van der Waals surface area contributed by atoms with Crippen molar-refractivity contribution in [1.82, 2.24) is 4.57 Å². The Balaban J connectivity index is 2.41. The number of pyridine rings is 1. The Hall–Kier alpha value is -2.62. The van der Waals surface area contributed by atoms with Gasteiger partial charge >= 0.3 is 0 Å². The van der Waals surface area contributed by atoms with Crippen molar-refractivity contribution in [2.75, 3.05) is 0 Å². The first-order valence-electron chi connectivity index (χ1n) is 5.76. The highest BCUT2D eigenvalue weighted by molar-refractivity contribution is 5.86. The number of hydrogen-bond acceptors (Lipinski definition) is 2. The average molecular weight is 255 g/mol. The molecule has 19 heavy (non-hydrogen) atoms. The summed E-state index contributed by atoms with van der Waals surface area (Å²) in [6.45, 7) is 0. The molecule has 0 aliphatic rings. The van der Waals surface area contributed by atoms with E-state index < -0.39 is 0 Å². The fourth-order valence-electron chi connectivity index (χ4n) is 2.12. The molecular formula is C15H10FNO2. The molecule has 2 aromatic carbocycles. The van der Waals surface area contributed by atoms with Gasteiger partial charge < -0.3 is 5.11 Å². The van der Waals surface area contributed by atoms with Gasteiger partial charge in [0, 0.05) is 17.1 Å². The molecule has 0 radical (unpaired) electrons. The van der Waals surface area contributed by atoms with E-state index in [-0.39, 0.29) is 17.1 Å². The van der Waals surface area contributed by atoms with E-state index in [2.05, 4.69) is 0 Å². The number of para-hydroxylation sites is 1. The second-order valence-electron chi connectivity index (χ2n) is 4.20. The molecule has 1 heterocycles. The van der Waals surface area contributed by atoms with E-state index >= 15 is 0 Å². The molecule has 0 spiro atoms. The summed E-state index contributed by atoms with van der Waals surface area (Å²) >= 11 is 0. The van der Waals surface area contributed by atoms with Gasteiger partial charge in [-0.25, -0.2) is 4.39 Å². The Morgan fingerprint density at radius 1 is 1.00 bits per heavy atom. The first-order valence-corrected chi connectivity index (χ1v) is 5.76. The molecule has 3 aromatic rings. The van der Waals surface area contributed by atoms with E-state index in [1.54, 1.807) is 24.3 Å². The van der Waals surface area contributed by atoms with Gasteiger partial charge in [0.05, 0.1) is 5.52 Å². The number of nitrogens with zero attached hydrogens (tertiary/aromatic N) is 1. The largest absolute Gasteiger partial charge is 0.507 e. The number of fused-ring (bicyclic) bond motifs is 1. The number of hydrogen-bond donors (Lipinski definition) is 1. The van der Waals surface area contributed by atoms with Gasteiger partial charge in [0.15, 0.2) is 0 Å². The number of aromatic nitrogens is 1. The Bertz CT molecular complexity index is 806. The SMILES string of the molecule is O=c1cc(O)c2ccccc2n1-c1ccc(F)cc1. The Morgan fingerprint density at radius 3 is 2.42 bits per heavy atom. The summed E-state index contributed by atoms with van der Waals surface area (Å²) in [4.78, 5) is 12.0. The maximum Gasteiger partial charge on any atom is 0.259 e. The highest BCUT2D eigenvalue weighted by Gasteiger charge is 2.09. The predicted octanol–water partition coefficient (Wildman–Crippen LogP) is 2.84. The predicted molar refractivity (Wildman–Crippen MR) is 71.2 cm³/mol. The fourth-order valence-corrected chi connectivity index (χ4v) is 2.12. The fraction of sp³-hybridized carbons (Fsp3) is 0. The monoisotopic (exact) mass is 255 g/mol. The molecule has 0 aliphatic heterocycles. The minimum Gasteiger partial charge on any atom is -0.507 e. The van der Waals surface area contributed by atoms with Crippen molar-refractivity contribution in [3.63, 3.8) is 0 Å². The third-order valence-corrected chi connectivity index (χ3v) is 2.99. The molecule has 94 valence electrons. The number of aromatic hydroxyl groups is 1. The second-order valence-corrected chi connectivity index (χ2v) is 4.20. The zero-order chi connectivity index (χ0) is 13.4. The zero-order valence-electron chi connectivity index (χ0n) is 9.88. The van der Waals surface area contributed by atoms with Crippen LogP contribution in [-0.2, 0) is 0 Å². The molecule has 3 nitrogen and oxygen atoms in total. The van der Waals surface area contributed by atoms with E-state index in [1.165, 1.54) is 28.8 Å². The summed E-state index contributed by atoms with van der Waals surface area (Å²) in [5, 5.41) is 10.4. The lowest BCUT2D eigenvalue weighted by atomic mass is 10.2. The van der Waals surface area contributed by atoms with Gasteiger partial charge in [-0.3, -0.25) is 9.36 Å². The average Bonchev–Trinajstić information content (AvgIpc) is 2.41. The van der Waals surface area contributed by atoms with E-state index in [4.69, 9.17) is 0 Å². The third kappa shape index (κ3) is 1.87. The topological polar surface area (TPSA) is 42.2 Å². The summed E-state index contributed by atoms with van der Waals surface area (Å²) in [6, 6.07) is 13.8. The highest BCUT2D eigenvalue weighted by atomic mass is 19.1. The maximum atomic E-state index is 13.0. The van der Waals surface area contributed by atoms with Crippen LogP contribution in [0.15, 0.2) is 59.4 Å². The van der Waals surface area contributed by atoms with Crippen molar-refractivity contribution in [2.45, 2.75) is 0 Å². The van der Waals surface area contributed by atoms with Crippen LogP contribution in [0.5, 0.6) is 5.75 Å². The Kier molecular flexibility index (Phi) is 2.56. The first kappa shape index (κ1) is 11.5. The smallest absolute Gasteiger partial charge is 0.259 e. The minimum atomic E-state index is -0.361. The number of halogens is 1. The molecule has 0 saturated heterocycles. The van der Waals surface area contributed by atoms with Gasteiger partial charge in [-0.2, -0.15) is 0 Å². The van der Waals surface area contributed by atoms with Crippen LogP contribution < -0.4 is 5.56 Å². The second kappa shape index (κ2) is 4.24. The molecular weight excluding hydrogens is 245 g/mol. The van der Waals surface area contributed by atoms with Crippen LogP contribution >= 0.6 is 0 Å². The van der Waals surface area contributed by atoms with Crippen molar-refractivity contribution in [1.29, 1.82) is 0 Å². The first-order chi connectivity index (χ1) is 9.16. The van der Waals surface area contributed by atoms with Crippen LogP contribution in [0.25, 0.3) is 16.6 Å². The summed E-state index contributed by atoms with van der Waals surface area (Å²) < 4.78 is 14.4. The van der Waals surface area contributed by atoms with Crippen LogP contribution in [0.1, 0.15) is 0 Å². The van der Waals surface area contributed by atoms with Gasteiger partial charge in [0.25, 0.3) is 5.56 Å². The lowest BCUT2D eigenvalue weighted by molar-refractivity contribution is 0.480.